The first-order valence-corrected chi connectivity index (χ1v) is 7.02. The molecular weight excluding hydrogens is 222 g/mol. The second-order valence-corrected chi connectivity index (χ2v) is 5.80. The van der Waals surface area contributed by atoms with Crippen molar-refractivity contribution in [2.24, 2.45) is 5.73 Å². The fourth-order valence-corrected chi connectivity index (χ4v) is 3.59. The minimum Gasteiger partial charge on any atom is -0.377 e. The van der Waals surface area contributed by atoms with Gasteiger partial charge in [-0.15, -0.1) is 0 Å². The van der Waals surface area contributed by atoms with Crippen LogP contribution in [0.3, 0.4) is 0 Å². The average molecular weight is 245 g/mol. The predicted octanol–water partition coefficient (Wildman–Crippen LogP) is 1.97. The molecule has 2 aliphatic rings. The molecule has 0 saturated carbocycles. The van der Waals surface area contributed by atoms with Crippen LogP contribution in [0.25, 0.3) is 0 Å². The normalized spacial score (nSPS) is 31.6. The molecule has 1 aromatic rings. The van der Waals surface area contributed by atoms with Crippen LogP contribution in [0.5, 0.6) is 0 Å². The van der Waals surface area contributed by atoms with Crippen LogP contribution in [-0.2, 0) is 0 Å². The highest BCUT2D eigenvalue weighted by Crippen LogP contribution is 2.37. The van der Waals surface area contributed by atoms with Gasteiger partial charge in [-0.25, -0.2) is 0 Å². The lowest BCUT2D eigenvalue weighted by atomic mass is 9.88. The van der Waals surface area contributed by atoms with E-state index in [1.165, 1.54) is 43.6 Å². The molecule has 3 nitrogen and oxygen atoms in total. The van der Waals surface area contributed by atoms with E-state index < -0.39 is 0 Å². The smallest absolute Gasteiger partial charge is 0.0662 e. The molecule has 2 atom stereocenters. The van der Waals surface area contributed by atoms with Crippen LogP contribution in [0.2, 0.25) is 0 Å². The van der Waals surface area contributed by atoms with Crippen molar-refractivity contribution in [2.75, 3.05) is 25.0 Å². The van der Waals surface area contributed by atoms with E-state index in [2.05, 4.69) is 41.4 Å². The number of hydrogen-bond acceptors (Lipinski definition) is 3. The molecule has 0 aliphatic carbocycles. The summed E-state index contributed by atoms with van der Waals surface area (Å²) >= 11 is 0. The Kier molecular flexibility index (Phi) is 3.04. The number of nitrogens with zero attached hydrogens (tertiary/aromatic N) is 1. The van der Waals surface area contributed by atoms with Crippen molar-refractivity contribution in [1.82, 2.24) is 4.90 Å². The number of hydrogen-bond donors (Lipinski definition) is 2. The first-order chi connectivity index (χ1) is 8.73. The number of aryl methyl sites for hydroxylation is 1. The van der Waals surface area contributed by atoms with E-state index in [1.54, 1.807) is 0 Å². The van der Waals surface area contributed by atoms with Crippen LogP contribution in [0.1, 0.15) is 24.8 Å². The SMILES string of the molecule is Cc1ccc(NC2(CN)CCN3CCCC32)cc1. The molecule has 0 radical (unpaired) electrons. The number of nitrogens with one attached hydrogen (secondary N) is 1. The molecule has 0 bridgehead atoms. The van der Waals surface area contributed by atoms with Gasteiger partial charge < -0.3 is 11.1 Å². The molecule has 2 unspecified atom stereocenters. The Labute approximate surface area is 109 Å². The Morgan fingerprint density at radius 2 is 2.11 bits per heavy atom. The van der Waals surface area contributed by atoms with Crippen molar-refractivity contribution in [1.29, 1.82) is 0 Å². The maximum absolute atomic E-state index is 6.11. The van der Waals surface area contributed by atoms with Crippen LogP contribution in [0.4, 0.5) is 5.69 Å². The third-order valence-corrected chi connectivity index (χ3v) is 4.66. The molecule has 2 saturated heterocycles. The van der Waals surface area contributed by atoms with Gasteiger partial charge in [0.1, 0.15) is 0 Å². The molecule has 0 amide bonds. The number of rotatable bonds is 3. The Balaban J connectivity index is 1.82. The molecule has 3 heteroatoms. The number of anilines is 1. The van der Waals surface area contributed by atoms with E-state index in [-0.39, 0.29) is 5.54 Å². The summed E-state index contributed by atoms with van der Waals surface area (Å²) in [5.74, 6) is 0. The second kappa shape index (κ2) is 4.56. The van der Waals surface area contributed by atoms with E-state index in [9.17, 15) is 0 Å². The maximum atomic E-state index is 6.11. The van der Waals surface area contributed by atoms with Crippen LogP contribution >= 0.6 is 0 Å². The summed E-state index contributed by atoms with van der Waals surface area (Å²) in [4.78, 5) is 2.61. The Hall–Kier alpha value is -1.06. The number of fused-ring (bicyclic) bond motifs is 1. The Morgan fingerprint density at radius 1 is 1.33 bits per heavy atom. The maximum Gasteiger partial charge on any atom is 0.0662 e. The fourth-order valence-electron chi connectivity index (χ4n) is 3.59. The molecule has 18 heavy (non-hydrogen) atoms. The summed E-state index contributed by atoms with van der Waals surface area (Å²) in [6.07, 6.45) is 3.78. The van der Waals surface area contributed by atoms with Crippen LogP contribution in [-0.4, -0.2) is 36.1 Å². The van der Waals surface area contributed by atoms with Gasteiger partial charge in [-0.2, -0.15) is 0 Å². The molecule has 98 valence electrons. The lowest BCUT2D eigenvalue weighted by Gasteiger charge is -2.36. The van der Waals surface area contributed by atoms with Crippen LogP contribution in [0.15, 0.2) is 24.3 Å². The van der Waals surface area contributed by atoms with E-state index in [1.807, 2.05) is 0 Å². The average Bonchev–Trinajstić information content (AvgIpc) is 2.96. The highest BCUT2D eigenvalue weighted by molar-refractivity contribution is 5.48. The number of nitrogens with two attached hydrogens (primary N) is 1. The van der Waals surface area contributed by atoms with Crippen molar-refractivity contribution in [2.45, 2.75) is 37.8 Å². The van der Waals surface area contributed by atoms with Gasteiger partial charge in [0.15, 0.2) is 0 Å². The van der Waals surface area contributed by atoms with E-state index >= 15 is 0 Å². The van der Waals surface area contributed by atoms with Gasteiger partial charge >= 0.3 is 0 Å². The van der Waals surface area contributed by atoms with E-state index in [0.717, 1.165) is 6.54 Å². The topological polar surface area (TPSA) is 41.3 Å². The first kappa shape index (κ1) is 12.0. The molecular formula is C15H23N3. The highest BCUT2D eigenvalue weighted by atomic mass is 15.3. The lowest BCUT2D eigenvalue weighted by molar-refractivity contribution is 0.280. The van der Waals surface area contributed by atoms with Gasteiger partial charge in [-0.1, -0.05) is 17.7 Å². The summed E-state index contributed by atoms with van der Waals surface area (Å²) < 4.78 is 0. The van der Waals surface area contributed by atoms with Crippen molar-refractivity contribution in [3.63, 3.8) is 0 Å². The van der Waals surface area contributed by atoms with Gasteiger partial charge in [0.25, 0.3) is 0 Å². The minimum atomic E-state index is 0.0890. The first-order valence-electron chi connectivity index (χ1n) is 7.02. The van der Waals surface area contributed by atoms with Gasteiger partial charge in [-0.05, 0) is 44.9 Å². The van der Waals surface area contributed by atoms with E-state index in [4.69, 9.17) is 5.73 Å². The monoisotopic (exact) mass is 245 g/mol. The summed E-state index contributed by atoms with van der Waals surface area (Å²) in [6.45, 7) is 5.29. The third kappa shape index (κ3) is 1.91. The van der Waals surface area contributed by atoms with Crippen molar-refractivity contribution >= 4 is 5.69 Å². The van der Waals surface area contributed by atoms with Gasteiger partial charge in [0.05, 0.1) is 5.54 Å². The molecule has 2 heterocycles. The summed E-state index contributed by atoms with van der Waals surface area (Å²) in [5, 5.41) is 3.74. The second-order valence-electron chi connectivity index (χ2n) is 5.80. The van der Waals surface area contributed by atoms with Gasteiger partial charge in [0, 0.05) is 24.8 Å². The summed E-state index contributed by atoms with van der Waals surface area (Å²) in [5.41, 5.74) is 8.71. The van der Waals surface area contributed by atoms with Crippen molar-refractivity contribution < 1.29 is 0 Å². The molecule has 2 aliphatic heterocycles. The predicted molar refractivity (Wildman–Crippen MR) is 75.8 cm³/mol. The Bertz CT molecular complexity index is 414. The Morgan fingerprint density at radius 3 is 2.83 bits per heavy atom. The molecule has 1 aromatic carbocycles. The quantitative estimate of drug-likeness (QED) is 0.855. The molecule has 3 rings (SSSR count). The zero-order chi connectivity index (χ0) is 12.6. The van der Waals surface area contributed by atoms with E-state index in [0.29, 0.717) is 6.04 Å². The third-order valence-electron chi connectivity index (χ3n) is 4.66. The fraction of sp³-hybridized carbons (Fsp3) is 0.600. The van der Waals surface area contributed by atoms with Gasteiger partial charge in [0.2, 0.25) is 0 Å². The number of benzene rings is 1. The summed E-state index contributed by atoms with van der Waals surface area (Å²) in [6, 6.07) is 9.29. The largest absolute Gasteiger partial charge is 0.377 e. The minimum absolute atomic E-state index is 0.0890. The van der Waals surface area contributed by atoms with Crippen LogP contribution in [0, 0.1) is 6.92 Å². The summed E-state index contributed by atoms with van der Waals surface area (Å²) in [7, 11) is 0. The van der Waals surface area contributed by atoms with Crippen LogP contribution < -0.4 is 11.1 Å². The standard InChI is InChI=1S/C15H23N3/c1-12-4-6-13(7-5-12)17-15(11-16)8-10-18-9-2-3-14(15)18/h4-7,14,17H,2-3,8-11,16H2,1H3. The molecule has 0 aromatic heterocycles. The molecule has 2 fully saturated rings. The zero-order valence-corrected chi connectivity index (χ0v) is 11.2. The molecule has 3 N–H and O–H groups in total. The van der Waals surface area contributed by atoms with Gasteiger partial charge in [-0.3, -0.25) is 4.90 Å². The van der Waals surface area contributed by atoms with Crippen molar-refractivity contribution in [3.8, 4) is 0 Å². The highest BCUT2D eigenvalue weighted by Gasteiger charge is 2.48. The van der Waals surface area contributed by atoms with Crippen molar-refractivity contribution in [3.05, 3.63) is 29.8 Å². The lowest BCUT2D eigenvalue weighted by Crippen LogP contribution is -2.53. The molecule has 0 spiro atoms. The zero-order valence-electron chi connectivity index (χ0n) is 11.2.